The summed E-state index contributed by atoms with van der Waals surface area (Å²) in [5.74, 6) is 0.814. The minimum Gasteiger partial charge on any atom is -0.341 e. The van der Waals surface area contributed by atoms with Crippen molar-refractivity contribution < 1.29 is 4.11 Å². The Bertz CT molecular complexity index is 1150. The van der Waals surface area contributed by atoms with E-state index >= 15 is 0 Å². The molecule has 0 aliphatic carbocycles. The first-order chi connectivity index (χ1) is 15.9. The predicted octanol–water partition coefficient (Wildman–Crippen LogP) is 4.63. The molecule has 1 atom stereocenters. The van der Waals surface area contributed by atoms with Gasteiger partial charge in [-0.2, -0.15) is 0 Å². The first-order valence-electron chi connectivity index (χ1n) is 12.7. The minimum atomic E-state index is -1.30. The van der Waals surface area contributed by atoms with Gasteiger partial charge in [0, 0.05) is 46.9 Å². The fourth-order valence-electron chi connectivity index (χ4n) is 4.43. The summed E-state index contributed by atoms with van der Waals surface area (Å²) in [6.45, 7) is 3.67. The number of benzene rings is 1. The number of rotatable bonds is 5. The summed E-state index contributed by atoms with van der Waals surface area (Å²) in [7, 11) is 0. The van der Waals surface area contributed by atoms with E-state index in [4.69, 9.17) is 14.1 Å². The molecule has 0 spiro atoms. The van der Waals surface area contributed by atoms with E-state index < -0.39 is 6.50 Å². The van der Waals surface area contributed by atoms with Crippen molar-refractivity contribution in [1.82, 2.24) is 19.9 Å². The molecule has 30 heavy (non-hydrogen) atoms. The van der Waals surface area contributed by atoms with E-state index in [1.54, 1.807) is 0 Å². The summed E-state index contributed by atoms with van der Waals surface area (Å²) in [6, 6.07) is 10.4. The van der Waals surface area contributed by atoms with Gasteiger partial charge in [0.25, 0.3) is 0 Å². The van der Waals surface area contributed by atoms with Gasteiger partial charge in [0.1, 0.15) is 0 Å². The zero-order chi connectivity index (χ0) is 23.0. The predicted molar refractivity (Wildman–Crippen MR) is 123 cm³/mol. The van der Waals surface area contributed by atoms with Crippen LogP contribution in [0.1, 0.15) is 48.0 Å². The van der Waals surface area contributed by atoms with Crippen LogP contribution < -0.4 is 4.90 Å². The van der Waals surface area contributed by atoms with Crippen LogP contribution >= 0.6 is 0 Å². The molecule has 2 fully saturated rings. The molecule has 0 saturated carbocycles. The number of fused-ring (bicyclic) bond motifs is 1. The largest absolute Gasteiger partial charge is 0.341 e. The molecular formula is C25H31N5. The number of likely N-dealkylation sites (tertiary alicyclic amines) is 1. The van der Waals surface area contributed by atoms with Gasteiger partial charge in [-0.05, 0) is 76.2 Å². The van der Waals surface area contributed by atoms with Crippen LogP contribution in [0.4, 0.5) is 5.95 Å². The molecule has 2 saturated heterocycles. The summed E-state index contributed by atoms with van der Waals surface area (Å²) in [5.41, 5.74) is 4.88. The van der Waals surface area contributed by atoms with Crippen molar-refractivity contribution in [2.45, 2.75) is 52.0 Å². The van der Waals surface area contributed by atoms with Crippen LogP contribution in [0, 0.1) is 6.92 Å². The first-order valence-corrected chi connectivity index (χ1v) is 11.0. The van der Waals surface area contributed by atoms with E-state index in [0.29, 0.717) is 13.0 Å². The third-order valence-electron chi connectivity index (χ3n) is 6.26. The lowest BCUT2D eigenvalue weighted by Crippen LogP contribution is -2.28. The van der Waals surface area contributed by atoms with Crippen LogP contribution in [0.5, 0.6) is 0 Å². The van der Waals surface area contributed by atoms with Crippen molar-refractivity contribution in [2.75, 3.05) is 31.0 Å². The Morgan fingerprint density at radius 2 is 2.03 bits per heavy atom. The normalized spacial score (nSPS) is 22.9. The van der Waals surface area contributed by atoms with Crippen molar-refractivity contribution in [3.05, 3.63) is 47.8 Å². The van der Waals surface area contributed by atoms with Crippen LogP contribution in [0.25, 0.3) is 22.2 Å². The second kappa shape index (κ2) is 8.31. The zero-order valence-corrected chi connectivity index (χ0v) is 17.6. The molecule has 2 aliphatic heterocycles. The molecule has 0 N–H and O–H groups in total. The number of anilines is 1. The van der Waals surface area contributed by atoms with Crippen molar-refractivity contribution >= 4 is 16.9 Å². The van der Waals surface area contributed by atoms with Crippen LogP contribution in [-0.4, -0.2) is 52.0 Å². The average Bonchev–Trinajstić information content (AvgIpc) is 3.45. The molecule has 2 aromatic heterocycles. The van der Waals surface area contributed by atoms with Crippen LogP contribution in [0.3, 0.4) is 0 Å². The number of hydrogen-bond donors (Lipinski definition) is 0. The maximum absolute atomic E-state index is 8.24. The third-order valence-corrected chi connectivity index (χ3v) is 6.26. The zero-order valence-electron chi connectivity index (χ0n) is 20.6. The number of aryl methyl sites for hydroxylation is 1. The van der Waals surface area contributed by atoms with Crippen molar-refractivity contribution in [2.24, 2.45) is 0 Å². The van der Waals surface area contributed by atoms with E-state index in [2.05, 4.69) is 28.1 Å². The van der Waals surface area contributed by atoms with E-state index in [-0.39, 0.29) is 12.9 Å². The summed E-state index contributed by atoms with van der Waals surface area (Å²) in [5, 5.41) is 1.07. The highest BCUT2D eigenvalue weighted by atomic mass is 15.3. The molecule has 3 aromatic rings. The number of hydrogen-bond acceptors (Lipinski definition) is 5. The van der Waals surface area contributed by atoms with Gasteiger partial charge >= 0.3 is 0 Å². The topological polar surface area (TPSA) is 45.2 Å². The van der Waals surface area contributed by atoms with Crippen molar-refractivity contribution in [3.63, 3.8) is 0 Å². The fourth-order valence-corrected chi connectivity index (χ4v) is 4.43. The SMILES string of the molecule is [2H]C[C@@H]1CCC([2H])([2H])N1CCc1ccc2nc(-c3cnc(N4CCCC4)nc3C)ccc2c1. The molecule has 5 heteroatoms. The van der Waals surface area contributed by atoms with E-state index in [1.807, 2.05) is 30.2 Å². The minimum absolute atomic E-state index is 0.0204. The Kier molecular flexibility index (Phi) is 4.48. The lowest BCUT2D eigenvalue weighted by Gasteiger charge is -2.20. The summed E-state index contributed by atoms with van der Waals surface area (Å²) >= 11 is 0. The van der Waals surface area contributed by atoms with Gasteiger partial charge in [-0.1, -0.05) is 12.1 Å². The maximum atomic E-state index is 8.24. The second-order valence-corrected chi connectivity index (χ2v) is 8.38. The summed E-state index contributed by atoms with van der Waals surface area (Å²) in [4.78, 5) is 18.3. The molecule has 156 valence electrons. The molecule has 0 unspecified atom stereocenters. The Hall–Kier alpha value is -2.53. The smallest absolute Gasteiger partial charge is 0.225 e. The third kappa shape index (κ3) is 3.91. The quantitative estimate of drug-likeness (QED) is 0.620. The monoisotopic (exact) mass is 404 g/mol. The van der Waals surface area contributed by atoms with Crippen LogP contribution in [0.2, 0.25) is 0 Å². The van der Waals surface area contributed by atoms with Gasteiger partial charge in [-0.15, -0.1) is 0 Å². The Labute approximate surface area is 183 Å². The van der Waals surface area contributed by atoms with Gasteiger partial charge in [0.05, 0.1) is 16.9 Å². The molecule has 5 rings (SSSR count). The highest BCUT2D eigenvalue weighted by molar-refractivity contribution is 5.82. The van der Waals surface area contributed by atoms with Gasteiger partial charge < -0.3 is 9.80 Å². The Morgan fingerprint density at radius 1 is 1.13 bits per heavy atom. The molecule has 2 aliphatic rings. The van der Waals surface area contributed by atoms with Gasteiger partial charge in [0.15, 0.2) is 0 Å². The Balaban J connectivity index is 1.33. The first kappa shape index (κ1) is 16.2. The fraction of sp³-hybridized carbons (Fsp3) is 0.480. The molecule has 5 nitrogen and oxygen atoms in total. The number of aromatic nitrogens is 3. The van der Waals surface area contributed by atoms with E-state index in [1.165, 1.54) is 12.8 Å². The van der Waals surface area contributed by atoms with Crippen LogP contribution in [0.15, 0.2) is 36.5 Å². The van der Waals surface area contributed by atoms with Crippen molar-refractivity contribution in [1.29, 1.82) is 0 Å². The average molecular weight is 405 g/mol. The van der Waals surface area contributed by atoms with Gasteiger partial charge in [-0.3, -0.25) is 0 Å². The molecular weight excluding hydrogens is 370 g/mol. The van der Waals surface area contributed by atoms with E-state index in [9.17, 15) is 0 Å². The molecule has 1 aromatic carbocycles. The van der Waals surface area contributed by atoms with Crippen molar-refractivity contribution in [3.8, 4) is 11.3 Å². The number of pyridine rings is 1. The second-order valence-electron chi connectivity index (χ2n) is 8.38. The van der Waals surface area contributed by atoms with Gasteiger partial charge in [0.2, 0.25) is 5.95 Å². The highest BCUT2D eigenvalue weighted by Gasteiger charge is 2.19. The van der Waals surface area contributed by atoms with Gasteiger partial charge in [-0.25, -0.2) is 15.0 Å². The van der Waals surface area contributed by atoms with E-state index in [0.717, 1.165) is 65.3 Å². The maximum Gasteiger partial charge on any atom is 0.225 e. The molecule has 4 heterocycles. The molecule has 0 amide bonds. The molecule has 0 radical (unpaired) electrons. The molecule has 0 bridgehead atoms. The standard InChI is InChI=1S/C25H31N5/c1-18-6-5-14-29(18)15-11-20-7-9-23-21(16-20)8-10-24(28-23)22-17-26-25(27-19(22)2)30-12-3-4-13-30/h7-10,16-18H,3-6,11-15H2,1-2H3/t18-/m1/s1/i1D,14D2. The lowest BCUT2D eigenvalue weighted by atomic mass is 10.1. The lowest BCUT2D eigenvalue weighted by molar-refractivity contribution is 0.272. The summed E-state index contributed by atoms with van der Waals surface area (Å²) in [6.07, 6.45) is 6.35. The van der Waals surface area contributed by atoms with Crippen LogP contribution in [-0.2, 0) is 6.42 Å². The highest BCUT2D eigenvalue weighted by Crippen LogP contribution is 2.26. The Morgan fingerprint density at radius 3 is 2.87 bits per heavy atom. The summed E-state index contributed by atoms with van der Waals surface area (Å²) < 4.78 is 24.2. The number of nitrogens with zero attached hydrogens (tertiary/aromatic N) is 5.